The zero-order chi connectivity index (χ0) is 20.2. The van der Waals surface area contributed by atoms with Crippen molar-refractivity contribution in [2.24, 2.45) is 4.99 Å². The van der Waals surface area contributed by atoms with E-state index in [1.807, 2.05) is 56.3 Å². The first-order valence-corrected chi connectivity index (χ1v) is 8.37. The Balaban J connectivity index is 0.000000337. The fourth-order valence-corrected chi connectivity index (χ4v) is 1.93. The van der Waals surface area contributed by atoms with E-state index in [0.29, 0.717) is 12.2 Å². The number of benzene rings is 2. The van der Waals surface area contributed by atoms with Crippen molar-refractivity contribution < 1.29 is 14.3 Å². The number of hydrogen-bond donors (Lipinski definition) is 0. The van der Waals surface area contributed by atoms with Gasteiger partial charge in [0.25, 0.3) is 0 Å². The number of esters is 1. The molecule has 0 saturated heterocycles. The van der Waals surface area contributed by atoms with Crippen LogP contribution in [-0.4, -0.2) is 25.9 Å². The number of aryl methyl sites for hydroxylation is 2. The Bertz CT molecular complexity index is 834. The lowest BCUT2D eigenvalue weighted by Gasteiger charge is -2.10. The third kappa shape index (κ3) is 8.02. The van der Waals surface area contributed by atoms with Crippen LogP contribution < -0.4 is 4.74 Å². The maximum atomic E-state index is 11.1. The lowest BCUT2D eigenvalue weighted by Crippen LogP contribution is -2.12. The lowest BCUT2D eigenvalue weighted by atomic mass is 10.2. The molecule has 0 aliphatic carbocycles. The van der Waals surface area contributed by atoms with Crippen molar-refractivity contribution in [3.8, 4) is 11.8 Å². The molecule has 0 aliphatic rings. The van der Waals surface area contributed by atoms with Crippen LogP contribution in [0.5, 0.6) is 5.75 Å². The molecule has 27 heavy (non-hydrogen) atoms. The number of carbonyl (C=O) groups excluding carboxylic acids is 1. The van der Waals surface area contributed by atoms with E-state index in [1.54, 1.807) is 6.92 Å². The van der Waals surface area contributed by atoms with Gasteiger partial charge in [-0.05, 0) is 63.4 Å². The minimum absolute atomic E-state index is 0.201. The quantitative estimate of drug-likeness (QED) is 0.323. The number of rotatable bonds is 6. The van der Waals surface area contributed by atoms with Crippen LogP contribution in [0.15, 0.2) is 59.6 Å². The first kappa shape index (κ1) is 21.7. The molecule has 5 nitrogen and oxygen atoms in total. The van der Waals surface area contributed by atoms with Crippen LogP contribution in [0.2, 0.25) is 0 Å². The van der Waals surface area contributed by atoms with Crippen molar-refractivity contribution in [3.63, 3.8) is 0 Å². The second kappa shape index (κ2) is 11.3. The maximum Gasteiger partial charge on any atom is 0.333 e. The number of nitrogens with zero attached hydrogens (tertiary/aromatic N) is 2. The van der Waals surface area contributed by atoms with E-state index in [-0.39, 0.29) is 6.61 Å². The average molecular weight is 364 g/mol. The summed E-state index contributed by atoms with van der Waals surface area (Å²) in [6.45, 7) is 13.0. The van der Waals surface area contributed by atoms with Gasteiger partial charge in [0.15, 0.2) is 0 Å². The van der Waals surface area contributed by atoms with Crippen molar-refractivity contribution in [1.82, 2.24) is 0 Å². The Morgan fingerprint density at radius 3 is 2.33 bits per heavy atom. The second-order valence-corrected chi connectivity index (χ2v) is 5.85. The van der Waals surface area contributed by atoms with Crippen LogP contribution in [0.4, 0.5) is 5.69 Å². The van der Waals surface area contributed by atoms with Crippen LogP contribution in [0, 0.1) is 25.2 Å². The van der Waals surface area contributed by atoms with Gasteiger partial charge in [0.05, 0.1) is 17.3 Å². The van der Waals surface area contributed by atoms with Gasteiger partial charge in [0.1, 0.15) is 19.0 Å². The Morgan fingerprint density at radius 2 is 1.81 bits per heavy atom. The molecule has 0 fully saturated rings. The molecule has 2 rings (SSSR count). The number of hydrogen-bond acceptors (Lipinski definition) is 5. The molecule has 0 aliphatic heterocycles. The van der Waals surface area contributed by atoms with Crippen molar-refractivity contribution >= 4 is 18.4 Å². The first-order chi connectivity index (χ1) is 12.9. The Morgan fingerprint density at radius 1 is 1.15 bits per heavy atom. The standard InChI is InChI=1S/C14H17NO3.C8H7N/c1-10(2)14(16)18-8-7-17-13-6-5-12(15-4)9-11(13)3;1-7-2-4-8(6-9)5-3-7/h5-6,9H,1,4,7-8H2,2-3H3;2-5H,1H3. The van der Waals surface area contributed by atoms with Gasteiger partial charge in [-0.3, -0.25) is 4.99 Å². The largest absolute Gasteiger partial charge is 0.490 e. The zero-order valence-electron chi connectivity index (χ0n) is 16.0. The molecular formula is C22H24N2O3. The monoisotopic (exact) mass is 364 g/mol. The van der Waals surface area contributed by atoms with E-state index in [2.05, 4.69) is 24.4 Å². The smallest absolute Gasteiger partial charge is 0.333 e. The Hall–Kier alpha value is -3.39. The molecule has 0 atom stereocenters. The van der Waals surface area contributed by atoms with Crippen LogP contribution in [0.25, 0.3) is 0 Å². The van der Waals surface area contributed by atoms with Gasteiger partial charge >= 0.3 is 5.97 Å². The Labute approximate surface area is 160 Å². The molecule has 5 heteroatoms. The van der Waals surface area contributed by atoms with Gasteiger partial charge in [0, 0.05) is 5.57 Å². The topological polar surface area (TPSA) is 71.7 Å². The predicted molar refractivity (Wildman–Crippen MR) is 108 cm³/mol. The predicted octanol–water partition coefficient (Wildman–Crippen LogP) is 4.69. The third-order valence-electron chi connectivity index (χ3n) is 3.44. The van der Waals surface area contributed by atoms with Gasteiger partial charge in [-0.2, -0.15) is 5.26 Å². The summed E-state index contributed by atoms with van der Waals surface area (Å²) in [7, 11) is 0. The molecule has 0 heterocycles. The minimum atomic E-state index is -0.401. The normalized spacial score (nSPS) is 9.26. The third-order valence-corrected chi connectivity index (χ3v) is 3.44. The van der Waals surface area contributed by atoms with E-state index in [0.717, 1.165) is 22.6 Å². The van der Waals surface area contributed by atoms with E-state index >= 15 is 0 Å². The number of nitriles is 1. The summed E-state index contributed by atoms with van der Waals surface area (Å²) in [5, 5.41) is 8.38. The molecule has 0 radical (unpaired) electrons. The van der Waals surface area contributed by atoms with E-state index in [9.17, 15) is 4.79 Å². The molecule has 0 saturated carbocycles. The van der Waals surface area contributed by atoms with Crippen LogP contribution in [0.3, 0.4) is 0 Å². The first-order valence-electron chi connectivity index (χ1n) is 8.37. The molecule has 2 aromatic carbocycles. The van der Waals surface area contributed by atoms with Crippen LogP contribution >= 0.6 is 0 Å². The minimum Gasteiger partial charge on any atom is -0.490 e. The molecular weight excluding hydrogens is 340 g/mol. The molecule has 140 valence electrons. The Kier molecular flexibility index (Phi) is 9.04. The van der Waals surface area contributed by atoms with E-state index in [1.165, 1.54) is 5.56 Å². The molecule has 0 aromatic heterocycles. The summed E-state index contributed by atoms with van der Waals surface area (Å²) in [5.74, 6) is 0.343. The summed E-state index contributed by atoms with van der Waals surface area (Å²) in [6, 6.07) is 15.1. The highest BCUT2D eigenvalue weighted by Crippen LogP contribution is 2.23. The van der Waals surface area contributed by atoms with Crippen LogP contribution in [0.1, 0.15) is 23.6 Å². The van der Waals surface area contributed by atoms with Gasteiger partial charge in [-0.25, -0.2) is 4.79 Å². The molecule has 2 aromatic rings. The highest BCUT2D eigenvalue weighted by atomic mass is 16.6. The fourth-order valence-electron chi connectivity index (χ4n) is 1.93. The highest BCUT2D eigenvalue weighted by molar-refractivity contribution is 5.86. The lowest BCUT2D eigenvalue weighted by molar-refractivity contribution is -0.139. The van der Waals surface area contributed by atoms with E-state index in [4.69, 9.17) is 14.7 Å². The van der Waals surface area contributed by atoms with Crippen molar-refractivity contribution in [2.75, 3.05) is 13.2 Å². The van der Waals surface area contributed by atoms with Crippen molar-refractivity contribution in [1.29, 1.82) is 5.26 Å². The fraction of sp³-hybridized carbons (Fsp3) is 0.227. The SMILES string of the molecule is C=Nc1ccc(OCCOC(=O)C(=C)C)c(C)c1.Cc1ccc(C#N)cc1. The number of carbonyl (C=O) groups is 1. The van der Waals surface area contributed by atoms with E-state index < -0.39 is 5.97 Å². The van der Waals surface area contributed by atoms with Gasteiger partial charge in [0.2, 0.25) is 0 Å². The van der Waals surface area contributed by atoms with Gasteiger partial charge in [-0.1, -0.05) is 24.3 Å². The van der Waals surface area contributed by atoms with Crippen molar-refractivity contribution in [2.45, 2.75) is 20.8 Å². The summed E-state index contributed by atoms with van der Waals surface area (Å²) in [5.41, 5.74) is 4.06. The summed E-state index contributed by atoms with van der Waals surface area (Å²) in [4.78, 5) is 14.9. The van der Waals surface area contributed by atoms with Crippen LogP contribution in [-0.2, 0) is 9.53 Å². The summed E-state index contributed by atoms with van der Waals surface area (Å²) < 4.78 is 10.4. The molecule has 0 N–H and O–H groups in total. The summed E-state index contributed by atoms with van der Waals surface area (Å²) in [6.07, 6.45) is 0. The molecule has 0 spiro atoms. The second-order valence-electron chi connectivity index (χ2n) is 5.85. The number of ether oxygens (including phenoxy) is 2. The molecule has 0 bridgehead atoms. The number of aliphatic imine (C=N–C) groups is 1. The van der Waals surface area contributed by atoms with Gasteiger partial charge < -0.3 is 9.47 Å². The molecule has 0 unspecified atom stereocenters. The molecule has 0 amide bonds. The highest BCUT2D eigenvalue weighted by Gasteiger charge is 2.04. The van der Waals surface area contributed by atoms with Crippen molar-refractivity contribution in [3.05, 3.63) is 71.3 Å². The summed E-state index contributed by atoms with van der Waals surface area (Å²) >= 11 is 0. The average Bonchev–Trinajstić information content (AvgIpc) is 2.67. The van der Waals surface area contributed by atoms with Gasteiger partial charge in [-0.15, -0.1) is 0 Å². The maximum absolute atomic E-state index is 11.1. The zero-order valence-corrected chi connectivity index (χ0v) is 16.0.